The summed E-state index contributed by atoms with van der Waals surface area (Å²) in [4.78, 5) is 18.8. The summed E-state index contributed by atoms with van der Waals surface area (Å²) in [6.45, 7) is 33.7. The fourth-order valence-electron chi connectivity index (χ4n) is 8.29. The van der Waals surface area contributed by atoms with Gasteiger partial charge in [0.1, 0.15) is 17.4 Å². The number of rotatable bonds is 20. The third-order valence-corrected chi connectivity index (χ3v) is 24.5. The van der Waals surface area contributed by atoms with E-state index in [-0.39, 0.29) is 35.0 Å². The Labute approximate surface area is 399 Å². The van der Waals surface area contributed by atoms with Crippen LogP contribution in [0.3, 0.4) is 0 Å². The van der Waals surface area contributed by atoms with Crippen LogP contribution >= 0.6 is 0 Å². The van der Waals surface area contributed by atoms with Crippen LogP contribution in [0.5, 0.6) is 5.75 Å². The van der Waals surface area contributed by atoms with Crippen molar-refractivity contribution in [3.05, 3.63) is 102 Å². The SMILES string of the molecule is COCOc1cc2c(ncn2C)c(/C=C/C[C@@H]2OC(C)(C)O[C@@H]2C(/C=C\[C@@H](C)[C@H](C)O[Si](c2ccccc2)(c2ccccc2)C(C)(C)C)O[Si](C)(C)C(C)(C)C)c1C(=O)OCC[Si](C)(C)C. The van der Waals surface area contributed by atoms with Crippen molar-refractivity contribution in [2.75, 3.05) is 20.5 Å². The number of nitrogens with zero attached hydrogens (tertiary/aromatic N) is 2. The Morgan fingerprint density at radius 2 is 1.48 bits per heavy atom. The maximum atomic E-state index is 14.0. The van der Waals surface area contributed by atoms with Gasteiger partial charge in [-0.25, -0.2) is 9.78 Å². The molecule has 362 valence electrons. The van der Waals surface area contributed by atoms with Crippen molar-refractivity contribution in [2.45, 2.75) is 155 Å². The monoisotopic (exact) mass is 957 g/mol. The van der Waals surface area contributed by atoms with Gasteiger partial charge in [-0.05, 0) is 72.7 Å². The number of benzene rings is 3. The Kier molecular flexibility index (Phi) is 17.2. The van der Waals surface area contributed by atoms with E-state index < -0.39 is 48.7 Å². The third kappa shape index (κ3) is 12.7. The summed E-state index contributed by atoms with van der Waals surface area (Å²) < 4.78 is 47.6. The fraction of sp³-hybridized carbons (Fsp3) is 0.547. The quantitative estimate of drug-likeness (QED) is 0.0371. The minimum absolute atomic E-state index is 0.0299. The lowest BCUT2D eigenvalue weighted by atomic mass is 9.99. The molecule has 1 aliphatic rings. The van der Waals surface area contributed by atoms with Crippen molar-refractivity contribution < 1.29 is 37.3 Å². The van der Waals surface area contributed by atoms with Crippen molar-refractivity contribution in [1.82, 2.24) is 9.55 Å². The van der Waals surface area contributed by atoms with E-state index in [4.69, 9.17) is 37.5 Å². The van der Waals surface area contributed by atoms with E-state index in [9.17, 15) is 4.79 Å². The molecule has 66 heavy (non-hydrogen) atoms. The Bertz CT molecular complexity index is 2230. The lowest BCUT2D eigenvalue weighted by molar-refractivity contribution is -0.151. The molecule has 0 aliphatic carbocycles. The molecule has 5 rings (SSSR count). The van der Waals surface area contributed by atoms with E-state index in [0.717, 1.165) is 11.6 Å². The molecule has 1 aromatic heterocycles. The number of imidazole rings is 1. The zero-order chi connectivity index (χ0) is 48.9. The smallest absolute Gasteiger partial charge is 0.342 e. The number of ether oxygens (including phenoxy) is 5. The summed E-state index contributed by atoms with van der Waals surface area (Å²) >= 11 is 0. The minimum Gasteiger partial charge on any atom is -0.467 e. The highest BCUT2D eigenvalue weighted by atomic mass is 28.4. The summed E-state index contributed by atoms with van der Waals surface area (Å²) in [5.74, 6) is -0.921. The van der Waals surface area contributed by atoms with Crippen LogP contribution in [0.15, 0.2) is 91.3 Å². The van der Waals surface area contributed by atoms with Gasteiger partial charge >= 0.3 is 5.97 Å². The van der Waals surface area contributed by atoms with E-state index >= 15 is 0 Å². The molecule has 3 aromatic carbocycles. The van der Waals surface area contributed by atoms with Gasteiger partial charge in [-0.1, -0.05) is 153 Å². The zero-order valence-corrected chi connectivity index (χ0v) is 46.1. The summed E-state index contributed by atoms with van der Waals surface area (Å²) in [5, 5.41) is 2.30. The van der Waals surface area contributed by atoms with Crippen LogP contribution in [0, 0.1) is 5.92 Å². The standard InChI is InChI=1S/C53H80N2O8Si3/c1-38(39(2)62-66(52(6,7)8,40-25-20-18-21-26-40)41-27-22-19-23-28-41)31-32-45(63-65(16,17)51(3,4)5)49-44(60-53(9,10)61-49)30-24-29-42-47(50(56)58-33-34-64(13,14)15)46(59-37-57-12)35-43-48(42)54-36-55(43)11/h18-29,31-32,35-36,38-39,44-45,49H,30,33-34,37H2,1-17H3/b29-24+,32-31-/t38-,39+,44+,45?,49+/m1/s1. The van der Waals surface area contributed by atoms with Gasteiger partial charge in [0.2, 0.25) is 0 Å². The Balaban J connectivity index is 1.51. The van der Waals surface area contributed by atoms with Crippen LogP contribution in [0.2, 0.25) is 48.9 Å². The van der Waals surface area contributed by atoms with Crippen molar-refractivity contribution >= 4 is 58.2 Å². The number of hydrogen-bond acceptors (Lipinski definition) is 9. The normalized spacial score (nSPS) is 18.9. The van der Waals surface area contributed by atoms with Gasteiger partial charge in [-0.3, -0.25) is 0 Å². The van der Waals surface area contributed by atoms with Crippen molar-refractivity contribution in [3.63, 3.8) is 0 Å². The molecule has 1 fully saturated rings. The van der Waals surface area contributed by atoms with Crippen LogP contribution in [0.4, 0.5) is 0 Å². The summed E-state index contributed by atoms with van der Waals surface area (Å²) in [6, 6.07) is 24.3. The number of fused-ring (bicyclic) bond motifs is 1. The predicted molar refractivity (Wildman–Crippen MR) is 278 cm³/mol. The number of carbonyl (C=O) groups is 1. The average Bonchev–Trinajstić information content (AvgIpc) is 3.76. The number of esters is 1. The Morgan fingerprint density at radius 3 is 2.03 bits per heavy atom. The molecular formula is C53H80N2O8Si3. The maximum absolute atomic E-state index is 14.0. The highest BCUT2D eigenvalue weighted by molar-refractivity contribution is 6.99. The van der Waals surface area contributed by atoms with Gasteiger partial charge < -0.3 is 37.1 Å². The molecule has 0 spiro atoms. The first-order valence-electron chi connectivity index (χ1n) is 23.7. The van der Waals surface area contributed by atoms with Crippen LogP contribution in [-0.4, -0.2) is 90.9 Å². The summed E-state index contributed by atoms with van der Waals surface area (Å²) in [7, 11) is -3.14. The van der Waals surface area contributed by atoms with Crippen molar-refractivity contribution in [3.8, 4) is 5.75 Å². The lowest BCUT2D eigenvalue weighted by Crippen LogP contribution is -2.67. The molecule has 1 aliphatic heterocycles. The maximum Gasteiger partial charge on any atom is 0.342 e. The number of aromatic nitrogens is 2. The predicted octanol–water partition coefficient (Wildman–Crippen LogP) is 11.5. The second kappa shape index (κ2) is 21.3. The number of hydrogen-bond donors (Lipinski definition) is 0. The van der Waals surface area contributed by atoms with Gasteiger partial charge in [0, 0.05) is 40.0 Å². The van der Waals surface area contributed by atoms with Crippen molar-refractivity contribution in [1.29, 1.82) is 0 Å². The van der Waals surface area contributed by atoms with E-state index in [2.05, 4.69) is 161 Å². The lowest BCUT2D eigenvalue weighted by Gasteiger charge is -2.45. The molecular weight excluding hydrogens is 877 g/mol. The van der Waals surface area contributed by atoms with E-state index in [1.165, 1.54) is 10.4 Å². The van der Waals surface area contributed by atoms with E-state index in [1.54, 1.807) is 13.4 Å². The summed E-state index contributed by atoms with van der Waals surface area (Å²) in [6.07, 6.45) is 9.30. The van der Waals surface area contributed by atoms with Gasteiger partial charge in [-0.15, -0.1) is 0 Å². The minimum atomic E-state index is -2.80. The molecule has 5 atom stereocenters. The zero-order valence-electron chi connectivity index (χ0n) is 43.1. The number of methoxy groups -OCH3 is 1. The average molecular weight is 957 g/mol. The first kappa shape index (κ1) is 53.3. The Hall–Kier alpha value is -3.67. The van der Waals surface area contributed by atoms with Crippen molar-refractivity contribution in [2.24, 2.45) is 13.0 Å². The summed E-state index contributed by atoms with van der Waals surface area (Å²) in [5.41, 5.74) is 2.41. The topological polar surface area (TPSA) is 99.5 Å². The van der Waals surface area contributed by atoms with Gasteiger partial charge in [0.15, 0.2) is 20.9 Å². The van der Waals surface area contributed by atoms with Gasteiger partial charge in [0.05, 0.1) is 36.2 Å². The van der Waals surface area contributed by atoms with E-state index in [0.29, 0.717) is 35.4 Å². The second-order valence-electron chi connectivity index (χ2n) is 22.2. The molecule has 1 saturated heterocycles. The molecule has 0 N–H and O–H groups in total. The first-order chi connectivity index (χ1) is 30.7. The molecule has 0 amide bonds. The van der Waals surface area contributed by atoms with Crippen LogP contribution in [0.1, 0.15) is 91.6 Å². The first-order valence-corrected chi connectivity index (χ1v) is 32.2. The van der Waals surface area contributed by atoms with Crippen LogP contribution < -0.4 is 15.1 Å². The fourth-order valence-corrected chi connectivity index (χ4v) is 15.0. The Morgan fingerprint density at radius 1 is 0.879 bits per heavy atom. The molecule has 0 saturated carbocycles. The van der Waals surface area contributed by atoms with Crippen LogP contribution in [-0.2, 0) is 34.8 Å². The molecule has 0 bridgehead atoms. The molecule has 4 aromatic rings. The highest BCUT2D eigenvalue weighted by Crippen LogP contribution is 2.42. The molecule has 10 nitrogen and oxygen atoms in total. The van der Waals surface area contributed by atoms with Gasteiger partial charge in [-0.2, -0.15) is 0 Å². The van der Waals surface area contributed by atoms with Gasteiger partial charge in [0.25, 0.3) is 8.32 Å². The molecule has 1 unspecified atom stereocenters. The second-order valence-corrected chi connectivity index (χ2v) is 36.9. The third-order valence-electron chi connectivity index (χ3n) is 13.2. The molecule has 13 heteroatoms. The largest absolute Gasteiger partial charge is 0.467 e. The highest BCUT2D eigenvalue weighted by Gasteiger charge is 2.52. The number of carbonyl (C=O) groups excluding carboxylic acids is 1. The van der Waals surface area contributed by atoms with E-state index in [1.807, 2.05) is 43.7 Å². The van der Waals surface area contributed by atoms with Crippen LogP contribution in [0.25, 0.3) is 17.1 Å². The molecule has 2 heterocycles. The number of aryl methyl sites for hydroxylation is 1. The molecule has 0 radical (unpaired) electrons.